The van der Waals surface area contributed by atoms with E-state index in [9.17, 15) is 0 Å². The second-order valence-electron chi connectivity index (χ2n) is 16.8. The van der Waals surface area contributed by atoms with E-state index < -0.39 is 9.07 Å². The molecule has 0 saturated carbocycles. The van der Waals surface area contributed by atoms with Crippen LogP contribution in [0.2, 0.25) is 0 Å². The molecular weight excluding hydrogens is 769 g/mol. The molecule has 0 unspecified atom stereocenters. The molecule has 0 saturated heterocycles. The fourth-order valence-corrected chi connectivity index (χ4v) is 17.1. The van der Waals surface area contributed by atoms with Gasteiger partial charge in [0, 0.05) is 55.4 Å². The molecular formula is C55H38N2OS2. The van der Waals surface area contributed by atoms with Crippen LogP contribution in [0.5, 0.6) is 0 Å². The molecule has 0 amide bonds. The third-order valence-electron chi connectivity index (χ3n) is 13.5. The highest BCUT2D eigenvalue weighted by Gasteiger charge is 2.57. The molecule has 0 bridgehead atoms. The standard InChI is InChI=1S/C55H38N2OS2/c1-55(2)43-22-10-12-24-46(43)57(48-34-47-41(33-44(48)55)37-18-6-11-23-45(37)56(47)36-16-4-3-5-17-36)54-31-29-49(59-54)35-28-30-53-42(32-35)40-21-9-15-27-52(40)60(53,58)50-25-13-7-19-38(50)39-20-8-14-26-51(39)60/h3-34H,1-2H3. The van der Waals surface area contributed by atoms with Crippen LogP contribution in [0.25, 0.3) is 60.2 Å². The molecule has 3 aliphatic heterocycles. The number of hydrogen-bond donors (Lipinski definition) is 0. The topological polar surface area (TPSA) is 25.2 Å². The first kappa shape index (κ1) is 34.1. The van der Waals surface area contributed by atoms with E-state index in [0.717, 1.165) is 58.1 Å². The van der Waals surface area contributed by atoms with E-state index >= 15 is 4.21 Å². The van der Waals surface area contributed by atoms with Gasteiger partial charge in [-0.1, -0.05) is 129 Å². The molecule has 286 valence electrons. The van der Waals surface area contributed by atoms with Gasteiger partial charge in [-0.2, -0.15) is 0 Å². The number of fused-ring (bicyclic) bond motifs is 15. The average Bonchev–Trinajstić information content (AvgIpc) is 4.03. The summed E-state index contributed by atoms with van der Waals surface area (Å²) in [5.74, 6) is 0. The lowest BCUT2D eigenvalue weighted by atomic mass is 9.73. The van der Waals surface area contributed by atoms with Crippen molar-refractivity contribution >= 4 is 58.6 Å². The predicted molar refractivity (Wildman–Crippen MR) is 249 cm³/mol. The molecule has 0 atom stereocenters. The Morgan fingerprint density at radius 3 is 1.80 bits per heavy atom. The van der Waals surface area contributed by atoms with Gasteiger partial charge in [0.15, 0.2) is 0 Å². The van der Waals surface area contributed by atoms with E-state index in [1.54, 1.807) is 0 Å². The Kier molecular flexibility index (Phi) is 6.65. The molecule has 10 aromatic rings. The van der Waals surface area contributed by atoms with Crippen molar-refractivity contribution in [3.05, 3.63) is 205 Å². The summed E-state index contributed by atoms with van der Waals surface area (Å²) in [6, 6.07) is 69.6. The van der Waals surface area contributed by atoms with Gasteiger partial charge in [0.2, 0.25) is 0 Å². The second kappa shape index (κ2) is 11.7. The third-order valence-corrected chi connectivity index (χ3v) is 19.4. The molecule has 1 spiro atoms. The first-order chi connectivity index (χ1) is 29.4. The Bertz CT molecular complexity index is 3500. The summed E-state index contributed by atoms with van der Waals surface area (Å²) in [6.07, 6.45) is 0. The van der Waals surface area contributed by atoms with E-state index in [4.69, 9.17) is 0 Å². The van der Waals surface area contributed by atoms with Crippen molar-refractivity contribution in [2.45, 2.75) is 38.8 Å². The number of anilines is 3. The van der Waals surface area contributed by atoms with Crippen LogP contribution in [-0.4, -0.2) is 8.78 Å². The van der Waals surface area contributed by atoms with E-state index in [-0.39, 0.29) is 5.41 Å². The first-order valence-electron chi connectivity index (χ1n) is 20.6. The Hall–Kier alpha value is -6.79. The maximum absolute atomic E-state index is 16.9. The largest absolute Gasteiger partial charge is 0.309 e. The fourth-order valence-electron chi connectivity index (χ4n) is 10.9. The van der Waals surface area contributed by atoms with Gasteiger partial charge in [0.05, 0.1) is 22.4 Å². The average molecular weight is 807 g/mol. The van der Waals surface area contributed by atoms with Crippen LogP contribution in [0.3, 0.4) is 0 Å². The number of nitrogens with zero attached hydrogens (tertiary/aromatic N) is 2. The van der Waals surface area contributed by atoms with Crippen molar-refractivity contribution in [2.75, 3.05) is 4.90 Å². The maximum Gasteiger partial charge on any atom is 0.101 e. The lowest BCUT2D eigenvalue weighted by molar-refractivity contribution is 0.633. The summed E-state index contributed by atoms with van der Waals surface area (Å²) in [6.45, 7) is 4.73. The second-order valence-corrected chi connectivity index (χ2v) is 21.5. The van der Waals surface area contributed by atoms with Gasteiger partial charge < -0.3 is 9.47 Å². The maximum atomic E-state index is 16.9. The zero-order chi connectivity index (χ0) is 40.0. The van der Waals surface area contributed by atoms with Crippen molar-refractivity contribution in [1.82, 2.24) is 4.57 Å². The summed E-state index contributed by atoms with van der Waals surface area (Å²) in [4.78, 5) is 7.30. The predicted octanol–water partition coefficient (Wildman–Crippen LogP) is 14.9. The van der Waals surface area contributed by atoms with Gasteiger partial charge in [0.1, 0.15) is 5.00 Å². The van der Waals surface area contributed by atoms with Crippen LogP contribution in [0.4, 0.5) is 16.4 Å². The summed E-state index contributed by atoms with van der Waals surface area (Å²) in [7, 11) is -3.88. The number of benzene rings is 8. The highest BCUT2D eigenvalue weighted by molar-refractivity contribution is 8.21. The minimum absolute atomic E-state index is 0.231. The Morgan fingerprint density at radius 1 is 0.467 bits per heavy atom. The summed E-state index contributed by atoms with van der Waals surface area (Å²) in [5.41, 5.74) is 13.7. The lowest BCUT2D eigenvalue weighted by Gasteiger charge is -2.41. The van der Waals surface area contributed by atoms with Gasteiger partial charge in [-0.05, 0) is 118 Å². The zero-order valence-corrected chi connectivity index (χ0v) is 34.7. The lowest BCUT2D eigenvalue weighted by Crippen LogP contribution is -2.30. The molecule has 0 N–H and O–H groups in total. The van der Waals surface area contributed by atoms with Crippen LogP contribution in [0.15, 0.2) is 214 Å². The fraction of sp³-hybridized carbons (Fsp3) is 0.0545. The van der Waals surface area contributed by atoms with Gasteiger partial charge in [-0.25, -0.2) is 0 Å². The van der Waals surface area contributed by atoms with Crippen LogP contribution in [0.1, 0.15) is 25.0 Å². The van der Waals surface area contributed by atoms with Crippen molar-refractivity contribution in [2.24, 2.45) is 0 Å². The summed E-state index contributed by atoms with van der Waals surface area (Å²) in [5, 5.41) is 3.67. The van der Waals surface area contributed by atoms with E-state index in [0.29, 0.717) is 0 Å². The number of aromatic nitrogens is 1. The molecule has 60 heavy (non-hydrogen) atoms. The molecule has 5 heteroatoms. The minimum Gasteiger partial charge on any atom is -0.309 e. The van der Waals surface area contributed by atoms with Crippen LogP contribution in [-0.2, 0) is 14.5 Å². The molecule has 0 fully saturated rings. The van der Waals surface area contributed by atoms with Crippen LogP contribution >= 0.6 is 11.3 Å². The van der Waals surface area contributed by atoms with Crippen molar-refractivity contribution < 1.29 is 4.21 Å². The van der Waals surface area contributed by atoms with Gasteiger partial charge in [-0.15, -0.1) is 11.3 Å². The highest BCUT2D eigenvalue weighted by atomic mass is 32.3. The van der Waals surface area contributed by atoms with Gasteiger partial charge in [-0.3, -0.25) is 4.21 Å². The Balaban J connectivity index is 1.01. The van der Waals surface area contributed by atoms with E-state index in [2.05, 4.69) is 199 Å². The molecule has 5 heterocycles. The van der Waals surface area contributed by atoms with E-state index in [1.165, 1.54) is 49.2 Å². The Labute approximate surface area is 352 Å². The monoisotopic (exact) mass is 806 g/mol. The summed E-state index contributed by atoms with van der Waals surface area (Å²) >= 11 is 1.81. The van der Waals surface area contributed by atoms with Crippen LogP contribution < -0.4 is 4.90 Å². The quantitative estimate of drug-likeness (QED) is 0.178. The Morgan fingerprint density at radius 2 is 1.07 bits per heavy atom. The molecule has 8 aromatic carbocycles. The number of hydrogen-bond acceptors (Lipinski definition) is 3. The number of para-hydroxylation sites is 3. The summed E-state index contributed by atoms with van der Waals surface area (Å²) < 4.78 is 19.3. The van der Waals surface area contributed by atoms with Crippen molar-refractivity contribution in [1.29, 1.82) is 0 Å². The highest BCUT2D eigenvalue weighted by Crippen LogP contribution is 2.71. The molecule has 3 nitrogen and oxygen atoms in total. The molecule has 0 radical (unpaired) electrons. The zero-order valence-electron chi connectivity index (χ0n) is 33.1. The van der Waals surface area contributed by atoms with Gasteiger partial charge >= 0.3 is 0 Å². The third kappa shape index (κ3) is 4.07. The normalized spacial score (nSPS) is 16.4. The van der Waals surface area contributed by atoms with Crippen molar-refractivity contribution in [3.63, 3.8) is 0 Å². The van der Waals surface area contributed by atoms with E-state index in [1.807, 2.05) is 29.5 Å². The number of thiophene rings is 1. The first-order valence-corrected chi connectivity index (χ1v) is 23.4. The molecule has 2 aromatic heterocycles. The molecule has 0 aliphatic carbocycles. The smallest absolute Gasteiger partial charge is 0.101 e. The minimum atomic E-state index is -3.88. The van der Waals surface area contributed by atoms with Crippen molar-refractivity contribution in [3.8, 4) is 38.4 Å². The molecule has 3 aliphatic rings. The molecule has 13 rings (SSSR count). The SMILES string of the molecule is CC1(C)c2ccccc2N(c2ccc(-c3ccc4c(c3)-c3ccccc3S43(=O)c4ccccc4-c4ccccc43)s2)c2cc3c(cc21)c1ccccc1n3-c1ccccc1. The van der Waals surface area contributed by atoms with Gasteiger partial charge in [0.25, 0.3) is 0 Å². The number of rotatable bonds is 3. The van der Waals surface area contributed by atoms with Crippen LogP contribution in [0, 0.1) is 0 Å².